The number of fused-ring (bicyclic) bond motifs is 2. The van der Waals surface area contributed by atoms with Crippen molar-refractivity contribution in [2.24, 2.45) is 11.8 Å². The summed E-state index contributed by atoms with van der Waals surface area (Å²) in [5.41, 5.74) is 1.27. The first-order valence-electron chi connectivity index (χ1n) is 7.30. The van der Waals surface area contributed by atoms with Crippen molar-refractivity contribution < 1.29 is 0 Å². The predicted octanol–water partition coefficient (Wildman–Crippen LogP) is 3.26. The van der Waals surface area contributed by atoms with Crippen molar-refractivity contribution in [3.63, 3.8) is 0 Å². The lowest BCUT2D eigenvalue weighted by Crippen LogP contribution is -2.58. The van der Waals surface area contributed by atoms with Crippen LogP contribution in [0.3, 0.4) is 0 Å². The Morgan fingerprint density at radius 2 is 1.56 bits per heavy atom. The number of hydrogen-bond donors (Lipinski definition) is 2. The van der Waals surface area contributed by atoms with Crippen molar-refractivity contribution in [3.8, 4) is 0 Å². The molecule has 1 aromatic rings. The zero-order chi connectivity index (χ0) is 12.5. The minimum atomic E-state index is 0.633. The van der Waals surface area contributed by atoms with Crippen molar-refractivity contribution in [1.82, 2.24) is 5.32 Å². The zero-order valence-electron chi connectivity index (χ0n) is 11.4. The van der Waals surface area contributed by atoms with E-state index in [-0.39, 0.29) is 0 Å². The molecule has 4 unspecified atom stereocenters. The fourth-order valence-electron chi connectivity index (χ4n) is 3.72. The lowest BCUT2D eigenvalue weighted by Gasteiger charge is -2.47. The molecule has 4 atom stereocenters. The van der Waals surface area contributed by atoms with E-state index in [1.165, 1.54) is 24.9 Å². The van der Waals surface area contributed by atoms with Gasteiger partial charge in [-0.1, -0.05) is 32.0 Å². The molecule has 0 aromatic heterocycles. The minimum absolute atomic E-state index is 0.633. The monoisotopic (exact) mass is 244 g/mol. The number of hydrogen-bond acceptors (Lipinski definition) is 2. The molecule has 2 fully saturated rings. The van der Waals surface area contributed by atoms with Crippen molar-refractivity contribution >= 4 is 5.69 Å². The lowest BCUT2D eigenvalue weighted by molar-refractivity contribution is 0.125. The van der Waals surface area contributed by atoms with Crippen LogP contribution in [0.15, 0.2) is 30.3 Å². The van der Waals surface area contributed by atoms with E-state index in [1.54, 1.807) is 0 Å². The summed E-state index contributed by atoms with van der Waals surface area (Å²) in [6, 6.07) is 12.7. The maximum atomic E-state index is 3.83. The van der Waals surface area contributed by atoms with Gasteiger partial charge in [-0.3, -0.25) is 0 Å². The Morgan fingerprint density at radius 3 is 2.17 bits per heavy atom. The van der Waals surface area contributed by atoms with Crippen LogP contribution >= 0.6 is 0 Å². The largest absolute Gasteiger partial charge is 0.382 e. The highest BCUT2D eigenvalue weighted by Crippen LogP contribution is 2.34. The number of anilines is 1. The van der Waals surface area contributed by atoms with Crippen molar-refractivity contribution in [3.05, 3.63) is 30.3 Å². The topological polar surface area (TPSA) is 24.1 Å². The molecular formula is C16H24N2. The smallest absolute Gasteiger partial charge is 0.0342 e. The molecule has 0 amide bonds. The molecule has 0 radical (unpaired) electrons. The van der Waals surface area contributed by atoms with Crippen LogP contribution < -0.4 is 10.6 Å². The molecule has 2 heterocycles. The lowest BCUT2D eigenvalue weighted by atomic mass is 9.73. The summed E-state index contributed by atoms with van der Waals surface area (Å²) >= 11 is 0. The normalized spacial score (nSPS) is 39.3. The van der Waals surface area contributed by atoms with Gasteiger partial charge in [0.05, 0.1) is 0 Å². The van der Waals surface area contributed by atoms with Crippen LogP contribution in [-0.4, -0.2) is 18.1 Å². The average Bonchev–Trinajstić information content (AvgIpc) is 2.38. The van der Waals surface area contributed by atoms with Gasteiger partial charge in [-0.25, -0.2) is 0 Å². The zero-order valence-corrected chi connectivity index (χ0v) is 11.4. The van der Waals surface area contributed by atoms with Crippen LogP contribution in [0.25, 0.3) is 0 Å². The first-order valence-corrected chi connectivity index (χ1v) is 7.30. The fraction of sp³-hybridized carbons (Fsp3) is 0.625. The van der Waals surface area contributed by atoms with Crippen molar-refractivity contribution in [2.45, 2.75) is 51.2 Å². The Bertz CT molecular complexity index is 373. The third-order valence-electron chi connectivity index (χ3n) is 4.77. The Kier molecular flexibility index (Phi) is 3.29. The molecule has 98 valence electrons. The predicted molar refractivity (Wildman–Crippen MR) is 76.7 cm³/mol. The second-order valence-electron chi connectivity index (χ2n) is 6.25. The molecule has 2 N–H and O–H groups in total. The van der Waals surface area contributed by atoms with Gasteiger partial charge in [0.1, 0.15) is 0 Å². The standard InChI is InChI=1S/C16H24N2/c1-11-8-12(2)16-10-14(9-15(11)18-16)17-13-6-4-3-5-7-13/h3-7,11-12,14-18H,8-10H2,1-2H3. The highest BCUT2D eigenvalue weighted by atomic mass is 15.0. The molecule has 2 saturated heterocycles. The average molecular weight is 244 g/mol. The summed E-state index contributed by atoms with van der Waals surface area (Å²) in [4.78, 5) is 0. The van der Waals surface area contributed by atoms with Crippen LogP contribution in [0.1, 0.15) is 33.1 Å². The van der Waals surface area contributed by atoms with Gasteiger partial charge in [-0.2, -0.15) is 0 Å². The molecule has 18 heavy (non-hydrogen) atoms. The van der Waals surface area contributed by atoms with Gasteiger partial charge < -0.3 is 10.6 Å². The maximum Gasteiger partial charge on any atom is 0.0342 e. The van der Waals surface area contributed by atoms with Crippen LogP contribution in [0.2, 0.25) is 0 Å². The second-order valence-corrected chi connectivity index (χ2v) is 6.25. The molecule has 2 aliphatic heterocycles. The summed E-state index contributed by atoms with van der Waals surface area (Å²) in [5.74, 6) is 1.63. The molecule has 0 saturated carbocycles. The van der Waals surface area contributed by atoms with Gasteiger partial charge >= 0.3 is 0 Å². The Balaban J connectivity index is 1.68. The molecule has 2 nitrogen and oxygen atoms in total. The van der Waals surface area contributed by atoms with Gasteiger partial charge in [-0.15, -0.1) is 0 Å². The number of nitrogens with one attached hydrogen (secondary N) is 2. The van der Waals surface area contributed by atoms with Crippen LogP contribution in [0, 0.1) is 11.8 Å². The maximum absolute atomic E-state index is 3.83. The van der Waals surface area contributed by atoms with E-state index in [4.69, 9.17) is 0 Å². The Labute approximate surface area is 110 Å². The van der Waals surface area contributed by atoms with E-state index in [9.17, 15) is 0 Å². The Morgan fingerprint density at radius 1 is 0.944 bits per heavy atom. The third kappa shape index (κ3) is 2.39. The summed E-state index contributed by atoms with van der Waals surface area (Å²) in [6.45, 7) is 4.80. The first kappa shape index (κ1) is 12.0. The first-order chi connectivity index (χ1) is 8.72. The summed E-state index contributed by atoms with van der Waals surface area (Å²) in [5, 5.41) is 7.54. The van der Waals surface area contributed by atoms with E-state index < -0.39 is 0 Å². The van der Waals surface area contributed by atoms with Gasteiger partial charge in [0, 0.05) is 23.8 Å². The molecular weight excluding hydrogens is 220 g/mol. The molecule has 0 aliphatic carbocycles. The van der Waals surface area contributed by atoms with Gasteiger partial charge in [0.15, 0.2) is 0 Å². The number of benzene rings is 1. The van der Waals surface area contributed by atoms with Gasteiger partial charge in [0.2, 0.25) is 0 Å². The molecule has 2 bridgehead atoms. The van der Waals surface area contributed by atoms with Crippen LogP contribution in [0.4, 0.5) is 5.69 Å². The van der Waals surface area contributed by atoms with Gasteiger partial charge in [-0.05, 0) is 43.2 Å². The fourth-order valence-corrected chi connectivity index (χ4v) is 3.72. The second kappa shape index (κ2) is 4.93. The van der Waals surface area contributed by atoms with Crippen LogP contribution in [0.5, 0.6) is 0 Å². The third-order valence-corrected chi connectivity index (χ3v) is 4.77. The number of para-hydroxylation sites is 1. The highest BCUT2D eigenvalue weighted by molar-refractivity contribution is 5.43. The minimum Gasteiger partial charge on any atom is -0.382 e. The molecule has 2 heteroatoms. The van der Waals surface area contributed by atoms with E-state index in [0.717, 1.165) is 11.8 Å². The highest BCUT2D eigenvalue weighted by Gasteiger charge is 2.38. The van der Waals surface area contributed by atoms with Crippen LogP contribution in [-0.2, 0) is 0 Å². The quantitative estimate of drug-likeness (QED) is 0.834. The van der Waals surface area contributed by atoms with Crippen molar-refractivity contribution in [2.75, 3.05) is 5.32 Å². The SMILES string of the molecule is CC1CC(C)C2CC(Nc3ccccc3)CC1N2. The summed E-state index contributed by atoms with van der Waals surface area (Å²) < 4.78 is 0. The van der Waals surface area contributed by atoms with Crippen molar-refractivity contribution in [1.29, 1.82) is 0 Å². The number of piperidine rings is 2. The molecule has 2 aliphatic rings. The molecule has 0 spiro atoms. The number of rotatable bonds is 2. The molecule has 1 aromatic carbocycles. The van der Waals surface area contributed by atoms with E-state index >= 15 is 0 Å². The Hall–Kier alpha value is -1.02. The van der Waals surface area contributed by atoms with E-state index in [1.807, 2.05) is 0 Å². The summed E-state index contributed by atoms with van der Waals surface area (Å²) in [7, 11) is 0. The van der Waals surface area contributed by atoms with Gasteiger partial charge in [0.25, 0.3) is 0 Å². The van der Waals surface area contributed by atoms with E-state index in [0.29, 0.717) is 18.1 Å². The molecule has 3 rings (SSSR count). The summed E-state index contributed by atoms with van der Waals surface area (Å²) in [6.07, 6.45) is 3.92. The van der Waals surface area contributed by atoms with E-state index in [2.05, 4.69) is 54.8 Å².